The van der Waals surface area contributed by atoms with Gasteiger partial charge in [-0.05, 0) is 60.2 Å². The Kier molecular flexibility index (Phi) is 7.20. The molecule has 4 rings (SSSR count). The standard InChI is InChI=1S/C24H27N5O3S2/c1-4-21(33-24-28-27-22-14-9-17-7-5-6-8-20(17)29(22)24)23(30)26-18-10-12-19(13-11-18)34(31,32)25-15-16(2)3/h5-14,16,21,25H,4,15H2,1-3H3,(H,26,30). The highest BCUT2D eigenvalue weighted by Crippen LogP contribution is 2.28. The molecule has 0 aliphatic heterocycles. The van der Waals surface area contributed by atoms with E-state index in [1.54, 1.807) is 12.1 Å². The lowest BCUT2D eigenvalue weighted by Gasteiger charge is -2.15. The molecular weight excluding hydrogens is 470 g/mol. The van der Waals surface area contributed by atoms with E-state index in [2.05, 4.69) is 20.2 Å². The van der Waals surface area contributed by atoms with Gasteiger partial charge in [0.25, 0.3) is 0 Å². The number of thioether (sulfide) groups is 1. The molecular formula is C24H27N5O3S2. The van der Waals surface area contributed by atoms with Crippen molar-refractivity contribution in [2.24, 2.45) is 5.92 Å². The zero-order valence-electron chi connectivity index (χ0n) is 19.2. The maximum atomic E-state index is 13.0. The molecule has 0 saturated heterocycles. The van der Waals surface area contributed by atoms with Crippen LogP contribution in [-0.4, -0.2) is 40.7 Å². The minimum Gasteiger partial charge on any atom is -0.325 e. The Morgan fingerprint density at radius 3 is 2.47 bits per heavy atom. The SMILES string of the molecule is CCC(Sc1nnc2ccc3ccccc3n12)C(=O)Nc1ccc(S(=O)(=O)NCC(C)C)cc1. The average molecular weight is 498 g/mol. The van der Waals surface area contributed by atoms with Gasteiger partial charge in [0.2, 0.25) is 15.9 Å². The zero-order valence-corrected chi connectivity index (χ0v) is 20.9. The third-order valence-corrected chi connectivity index (χ3v) is 8.02. The number of benzene rings is 2. The van der Waals surface area contributed by atoms with Gasteiger partial charge in [-0.2, -0.15) is 0 Å². The molecule has 1 unspecified atom stereocenters. The molecule has 0 radical (unpaired) electrons. The van der Waals surface area contributed by atoms with Crippen molar-refractivity contribution >= 4 is 49.9 Å². The smallest absolute Gasteiger partial charge is 0.240 e. The fraction of sp³-hybridized carbons (Fsp3) is 0.292. The van der Waals surface area contributed by atoms with Crippen molar-refractivity contribution in [2.75, 3.05) is 11.9 Å². The van der Waals surface area contributed by atoms with Crippen LogP contribution in [0.25, 0.3) is 16.6 Å². The number of aromatic nitrogens is 3. The van der Waals surface area contributed by atoms with E-state index in [4.69, 9.17) is 0 Å². The van der Waals surface area contributed by atoms with Crippen LogP contribution >= 0.6 is 11.8 Å². The van der Waals surface area contributed by atoms with Crippen LogP contribution in [0.15, 0.2) is 70.7 Å². The summed E-state index contributed by atoms with van der Waals surface area (Å²) in [7, 11) is -3.58. The molecule has 178 valence electrons. The number of anilines is 1. The van der Waals surface area contributed by atoms with Gasteiger partial charge in [-0.1, -0.05) is 50.7 Å². The van der Waals surface area contributed by atoms with Crippen LogP contribution in [0, 0.1) is 5.92 Å². The maximum Gasteiger partial charge on any atom is 0.240 e. The van der Waals surface area contributed by atoms with E-state index in [-0.39, 0.29) is 16.7 Å². The van der Waals surface area contributed by atoms with Crippen LogP contribution in [0.4, 0.5) is 5.69 Å². The molecule has 1 amide bonds. The summed E-state index contributed by atoms with van der Waals surface area (Å²) in [6.45, 7) is 6.18. The monoisotopic (exact) mass is 497 g/mol. The molecule has 2 N–H and O–H groups in total. The Balaban J connectivity index is 1.49. The van der Waals surface area contributed by atoms with Crippen molar-refractivity contribution in [2.45, 2.75) is 42.5 Å². The molecule has 0 bridgehead atoms. The normalized spacial score (nSPS) is 12.9. The number of pyridine rings is 1. The van der Waals surface area contributed by atoms with Crippen LogP contribution in [0.1, 0.15) is 27.2 Å². The summed E-state index contributed by atoms with van der Waals surface area (Å²) in [6.07, 6.45) is 0.585. The van der Waals surface area contributed by atoms with Crippen LogP contribution in [0.3, 0.4) is 0 Å². The molecule has 1 atom stereocenters. The lowest BCUT2D eigenvalue weighted by molar-refractivity contribution is -0.115. The molecule has 0 aliphatic carbocycles. The molecule has 10 heteroatoms. The number of carbonyl (C=O) groups is 1. The first kappa shape index (κ1) is 24.2. The van der Waals surface area contributed by atoms with Crippen LogP contribution < -0.4 is 10.0 Å². The number of amides is 1. The van der Waals surface area contributed by atoms with E-state index >= 15 is 0 Å². The van der Waals surface area contributed by atoms with Gasteiger partial charge in [0, 0.05) is 12.2 Å². The molecule has 0 fully saturated rings. The van der Waals surface area contributed by atoms with Crippen molar-refractivity contribution in [1.29, 1.82) is 0 Å². The molecule has 8 nitrogen and oxygen atoms in total. The molecule has 4 aromatic rings. The summed E-state index contributed by atoms with van der Waals surface area (Å²) in [5.41, 5.74) is 2.23. The van der Waals surface area contributed by atoms with Gasteiger partial charge in [-0.3, -0.25) is 9.20 Å². The van der Waals surface area contributed by atoms with Gasteiger partial charge in [0.05, 0.1) is 15.7 Å². The highest BCUT2D eigenvalue weighted by atomic mass is 32.2. The zero-order chi connectivity index (χ0) is 24.3. The lowest BCUT2D eigenvalue weighted by Crippen LogP contribution is -2.27. The van der Waals surface area contributed by atoms with Crippen molar-refractivity contribution < 1.29 is 13.2 Å². The summed E-state index contributed by atoms with van der Waals surface area (Å²) in [5, 5.41) is 12.8. The summed E-state index contributed by atoms with van der Waals surface area (Å²) in [4.78, 5) is 13.2. The second kappa shape index (κ2) is 10.1. The maximum absolute atomic E-state index is 13.0. The number of fused-ring (bicyclic) bond motifs is 3. The second-order valence-corrected chi connectivity index (χ2v) is 11.3. The van der Waals surface area contributed by atoms with Crippen LogP contribution in [-0.2, 0) is 14.8 Å². The number of hydrogen-bond acceptors (Lipinski definition) is 6. The summed E-state index contributed by atoms with van der Waals surface area (Å²) in [6, 6.07) is 18.0. The van der Waals surface area contributed by atoms with Crippen molar-refractivity contribution in [3.63, 3.8) is 0 Å². The fourth-order valence-corrected chi connectivity index (χ4v) is 5.62. The van der Waals surface area contributed by atoms with Gasteiger partial charge in [0.15, 0.2) is 10.8 Å². The van der Waals surface area contributed by atoms with Crippen molar-refractivity contribution in [3.8, 4) is 0 Å². The first-order chi connectivity index (χ1) is 16.3. The number of para-hydroxylation sites is 1. The Morgan fingerprint density at radius 2 is 1.76 bits per heavy atom. The van der Waals surface area contributed by atoms with E-state index in [1.807, 2.05) is 61.6 Å². The molecule has 2 aromatic carbocycles. The van der Waals surface area contributed by atoms with Crippen molar-refractivity contribution in [3.05, 3.63) is 60.7 Å². The highest BCUT2D eigenvalue weighted by Gasteiger charge is 2.22. The van der Waals surface area contributed by atoms with E-state index in [0.29, 0.717) is 23.8 Å². The Labute approximate surface area is 203 Å². The molecule has 2 aromatic heterocycles. The minimum absolute atomic E-state index is 0.161. The third kappa shape index (κ3) is 5.24. The Hall–Kier alpha value is -2.95. The number of hydrogen-bond donors (Lipinski definition) is 2. The number of sulfonamides is 1. The first-order valence-electron chi connectivity index (χ1n) is 11.1. The van der Waals surface area contributed by atoms with Crippen LogP contribution in [0.2, 0.25) is 0 Å². The van der Waals surface area contributed by atoms with Crippen molar-refractivity contribution in [1.82, 2.24) is 19.3 Å². The Morgan fingerprint density at radius 1 is 1.03 bits per heavy atom. The van der Waals surface area contributed by atoms with E-state index in [9.17, 15) is 13.2 Å². The van der Waals surface area contributed by atoms with Gasteiger partial charge < -0.3 is 5.32 Å². The molecule has 2 heterocycles. The van der Waals surface area contributed by atoms with Gasteiger partial charge >= 0.3 is 0 Å². The van der Waals surface area contributed by atoms with Gasteiger partial charge in [0.1, 0.15) is 0 Å². The Bertz CT molecular complexity index is 1420. The third-order valence-electron chi connectivity index (χ3n) is 5.27. The lowest BCUT2D eigenvalue weighted by atomic mass is 10.2. The number of nitrogens with zero attached hydrogens (tertiary/aromatic N) is 3. The quantitative estimate of drug-likeness (QED) is 0.334. The van der Waals surface area contributed by atoms with Crippen LogP contribution in [0.5, 0.6) is 0 Å². The van der Waals surface area contributed by atoms with E-state index in [1.165, 1.54) is 23.9 Å². The number of rotatable bonds is 9. The average Bonchev–Trinajstić information content (AvgIpc) is 3.25. The fourth-order valence-electron chi connectivity index (χ4n) is 3.44. The summed E-state index contributed by atoms with van der Waals surface area (Å²) in [5.74, 6) is 0.0234. The predicted octanol–water partition coefficient (Wildman–Crippen LogP) is 4.33. The second-order valence-electron chi connectivity index (χ2n) is 8.34. The number of carbonyl (C=O) groups excluding carboxylic acids is 1. The molecule has 0 spiro atoms. The highest BCUT2D eigenvalue weighted by molar-refractivity contribution is 8.00. The molecule has 34 heavy (non-hydrogen) atoms. The van der Waals surface area contributed by atoms with E-state index in [0.717, 1.165) is 16.6 Å². The first-order valence-corrected chi connectivity index (χ1v) is 13.4. The predicted molar refractivity (Wildman–Crippen MR) is 136 cm³/mol. The van der Waals surface area contributed by atoms with Gasteiger partial charge in [-0.15, -0.1) is 10.2 Å². The van der Waals surface area contributed by atoms with Gasteiger partial charge in [-0.25, -0.2) is 13.1 Å². The largest absolute Gasteiger partial charge is 0.325 e. The minimum atomic E-state index is -3.58. The molecule has 0 aliphatic rings. The summed E-state index contributed by atoms with van der Waals surface area (Å²) < 4.78 is 29.3. The number of nitrogens with one attached hydrogen (secondary N) is 2. The van der Waals surface area contributed by atoms with E-state index < -0.39 is 15.3 Å². The molecule has 0 saturated carbocycles. The summed E-state index contributed by atoms with van der Waals surface area (Å²) >= 11 is 1.36. The topological polar surface area (TPSA) is 105 Å².